The van der Waals surface area contributed by atoms with Crippen LogP contribution in [-0.2, 0) is 4.74 Å². The third-order valence-electron chi connectivity index (χ3n) is 4.91. The topological polar surface area (TPSA) is 34.2 Å². The Hall–Kier alpha value is -0.580. The lowest BCUT2D eigenvalue weighted by molar-refractivity contribution is -0.0854. The molecule has 2 aliphatic heterocycles. The number of rotatable bonds is 4. The van der Waals surface area contributed by atoms with Crippen molar-refractivity contribution in [3.63, 3.8) is 0 Å². The third kappa shape index (κ3) is 3.27. The van der Waals surface area contributed by atoms with E-state index in [0.717, 1.165) is 19.6 Å². The van der Waals surface area contributed by atoms with Crippen LogP contribution in [-0.4, -0.2) is 35.2 Å². The molecular weight excluding hydrogens is 280 g/mol. The normalized spacial score (nSPS) is 30.7. The van der Waals surface area contributed by atoms with Gasteiger partial charge in [0, 0.05) is 30.8 Å². The van der Waals surface area contributed by atoms with E-state index in [1.54, 1.807) is 0 Å². The van der Waals surface area contributed by atoms with Gasteiger partial charge in [-0.2, -0.15) is 11.8 Å². The summed E-state index contributed by atoms with van der Waals surface area (Å²) >= 11 is 2.05. The van der Waals surface area contributed by atoms with Gasteiger partial charge in [0.25, 0.3) is 0 Å². The van der Waals surface area contributed by atoms with Gasteiger partial charge in [-0.15, -0.1) is 0 Å². The molecule has 4 heteroatoms. The molecule has 3 unspecified atom stereocenters. The largest absolute Gasteiger partial charge is 0.374 e. The van der Waals surface area contributed by atoms with Gasteiger partial charge in [0.15, 0.2) is 0 Å². The molecule has 2 fully saturated rings. The smallest absolute Gasteiger partial charge is 0.0783 e. The number of nitrogens with zero attached hydrogens (tertiary/aromatic N) is 1. The SMILES string of the molecule is CCNC(c1cnccc1C)C1CCOC2(CCSC2)C1. The van der Waals surface area contributed by atoms with E-state index in [1.165, 1.54) is 35.5 Å². The van der Waals surface area contributed by atoms with Crippen molar-refractivity contribution in [2.24, 2.45) is 5.92 Å². The van der Waals surface area contributed by atoms with Gasteiger partial charge >= 0.3 is 0 Å². The summed E-state index contributed by atoms with van der Waals surface area (Å²) in [5.41, 5.74) is 2.86. The van der Waals surface area contributed by atoms with Crippen LogP contribution in [0.2, 0.25) is 0 Å². The zero-order valence-electron chi connectivity index (χ0n) is 13.1. The van der Waals surface area contributed by atoms with E-state index in [9.17, 15) is 0 Å². The Morgan fingerprint density at radius 2 is 2.48 bits per heavy atom. The van der Waals surface area contributed by atoms with E-state index in [4.69, 9.17) is 4.74 Å². The highest BCUT2D eigenvalue weighted by atomic mass is 32.2. The summed E-state index contributed by atoms with van der Waals surface area (Å²) in [5.74, 6) is 3.08. The van der Waals surface area contributed by atoms with Crippen molar-refractivity contribution in [1.82, 2.24) is 10.3 Å². The summed E-state index contributed by atoms with van der Waals surface area (Å²) in [6.45, 7) is 6.30. The highest BCUT2D eigenvalue weighted by molar-refractivity contribution is 7.99. The lowest BCUT2D eigenvalue weighted by Gasteiger charge is -2.41. The number of aromatic nitrogens is 1. The van der Waals surface area contributed by atoms with Crippen LogP contribution in [0.3, 0.4) is 0 Å². The van der Waals surface area contributed by atoms with Crippen LogP contribution in [0.25, 0.3) is 0 Å². The molecule has 116 valence electrons. The van der Waals surface area contributed by atoms with Crippen molar-refractivity contribution in [3.8, 4) is 0 Å². The molecule has 3 heterocycles. The van der Waals surface area contributed by atoms with Crippen LogP contribution >= 0.6 is 11.8 Å². The van der Waals surface area contributed by atoms with Crippen LogP contribution in [0.4, 0.5) is 0 Å². The zero-order chi connectivity index (χ0) is 14.7. The van der Waals surface area contributed by atoms with Crippen molar-refractivity contribution in [1.29, 1.82) is 0 Å². The maximum absolute atomic E-state index is 6.19. The molecule has 21 heavy (non-hydrogen) atoms. The molecule has 1 spiro atoms. The first-order valence-electron chi connectivity index (χ1n) is 8.10. The second-order valence-electron chi connectivity index (χ2n) is 6.35. The molecular formula is C17H26N2OS. The van der Waals surface area contributed by atoms with E-state index < -0.39 is 0 Å². The third-order valence-corrected chi connectivity index (χ3v) is 6.13. The van der Waals surface area contributed by atoms with E-state index >= 15 is 0 Å². The van der Waals surface area contributed by atoms with E-state index in [-0.39, 0.29) is 5.60 Å². The van der Waals surface area contributed by atoms with E-state index in [0.29, 0.717) is 12.0 Å². The second kappa shape index (κ2) is 6.67. The Labute approximate surface area is 132 Å². The number of nitrogens with one attached hydrogen (secondary N) is 1. The van der Waals surface area contributed by atoms with Gasteiger partial charge in [0.1, 0.15) is 0 Å². The van der Waals surface area contributed by atoms with Crippen LogP contribution in [0, 0.1) is 12.8 Å². The minimum atomic E-state index is 0.150. The van der Waals surface area contributed by atoms with Gasteiger partial charge in [-0.3, -0.25) is 4.98 Å². The fraction of sp³-hybridized carbons (Fsp3) is 0.706. The number of aryl methyl sites for hydroxylation is 1. The first kappa shape index (κ1) is 15.3. The minimum Gasteiger partial charge on any atom is -0.374 e. The predicted octanol–water partition coefficient (Wildman–Crippen LogP) is 3.34. The maximum atomic E-state index is 6.19. The van der Waals surface area contributed by atoms with Gasteiger partial charge in [-0.25, -0.2) is 0 Å². The molecule has 1 N–H and O–H groups in total. The van der Waals surface area contributed by atoms with Gasteiger partial charge in [0.05, 0.1) is 5.60 Å². The molecule has 0 aliphatic carbocycles. The van der Waals surface area contributed by atoms with Gasteiger partial charge in [-0.05, 0) is 61.6 Å². The number of pyridine rings is 1. The molecule has 0 bridgehead atoms. The molecule has 0 radical (unpaired) electrons. The molecule has 1 aromatic heterocycles. The Bertz CT molecular complexity index is 474. The summed E-state index contributed by atoms with van der Waals surface area (Å²) in [4.78, 5) is 4.36. The van der Waals surface area contributed by atoms with Crippen molar-refractivity contribution in [3.05, 3.63) is 29.6 Å². The lowest BCUT2D eigenvalue weighted by Crippen LogP contribution is -2.44. The van der Waals surface area contributed by atoms with E-state index in [1.807, 2.05) is 24.2 Å². The van der Waals surface area contributed by atoms with Crippen LogP contribution < -0.4 is 5.32 Å². The maximum Gasteiger partial charge on any atom is 0.0783 e. The molecule has 2 aliphatic rings. The molecule has 0 amide bonds. The summed E-state index contributed by atoms with van der Waals surface area (Å²) in [5, 5.41) is 3.71. The summed E-state index contributed by atoms with van der Waals surface area (Å²) in [6.07, 6.45) is 7.50. The monoisotopic (exact) mass is 306 g/mol. The summed E-state index contributed by atoms with van der Waals surface area (Å²) < 4.78 is 6.19. The van der Waals surface area contributed by atoms with Crippen molar-refractivity contribution < 1.29 is 4.74 Å². The lowest BCUT2D eigenvalue weighted by atomic mass is 9.78. The molecule has 0 aromatic carbocycles. The summed E-state index contributed by atoms with van der Waals surface area (Å²) in [7, 11) is 0. The van der Waals surface area contributed by atoms with Crippen LogP contribution in [0.5, 0.6) is 0 Å². The minimum absolute atomic E-state index is 0.150. The van der Waals surface area contributed by atoms with Crippen molar-refractivity contribution >= 4 is 11.8 Å². The van der Waals surface area contributed by atoms with Gasteiger partial charge in [-0.1, -0.05) is 6.92 Å². The Morgan fingerprint density at radius 3 is 3.19 bits per heavy atom. The van der Waals surface area contributed by atoms with Gasteiger partial charge < -0.3 is 10.1 Å². The standard InChI is InChI=1S/C17H26N2OS/c1-3-19-16(15-11-18-7-4-13(15)2)14-5-8-20-17(10-14)6-9-21-12-17/h4,7,11,14,16,19H,3,5-6,8-10,12H2,1-2H3. The van der Waals surface area contributed by atoms with Crippen LogP contribution in [0.15, 0.2) is 18.5 Å². The first-order valence-corrected chi connectivity index (χ1v) is 9.25. The van der Waals surface area contributed by atoms with E-state index in [2.05, 4.69) is 30.2 Å². The van der Waals surface area contributed by atoms with Crippen LogP contribution in [0.1, 0.15) is 43.4 Å². The number of hydrogen-bond acceptors (Lipinski definition) is 4. The highest BCUT2D eigenvalue weighted by Gasteiger charge is 2.42. The molecule has 1 aromatic rings. The number of hydrogen-bond donors (Lipinski definition) is 1. The Balaban J connectivity index is 1.82. The van der Waals surface area contributed by atoms with Crippen molar-refractivity contribution in [2.45, 2.75) is 44.8 Å². The van der Waals surface area contributed by atoms with Crippen molar-refractivity contribution in [2.75, 3.05) is 24.7 Å². The number of thioether (sulfide) groups is 1. The molecule has 0 saturated carbocycles. The molecule has 3 atom stereocenters. The quantitative estimate of drug-likeness (QED) is 0.925. The average molecular weight is 306 g/mol. The average Bonchev–Trinajstić information content (AvgIpc) is 2.93. The fourth-order valence-corrected chi connectivity index (χ4v) is 5.14. The second-order valence-corrected chi connectivity index (χ2v) is 7.46. The molecule has 2 saturated heterocycles. The predicted molar refractivity (Wildman–Crippen MR) is 88.7 cm³/mol. The zero-order valence-corrected chi connectivity index (χ0v) is 13.9. The Morgan fingerprint density at radius 1 is 1.57 bits per heavy atom. The molecule has 3 rings (SSSR count). The number of ether oxygens (including phenoxy) is 1. The molecule has 3 nitrogen and oxygen atoms in total. The van der Waals surface area contributed by atoms with Gasteiger partial charge in [0.2, 0.25) is 0 Å². The summed E-state index contributed by atoms with van der Waals surface area (Å²) in [6, 6.07) is 2.54. The highest BCUT2D eigenvalue weighted by Crippen LogP contribution is 2.44. The fourth-order valence-electron chi connectivity index (χ4n) is 3.77. The Kier molecular flexibility index (Phi) is 4.87. The first-order chi connectivity index (χ1) is 10.2.